The topological polar surface area (TPSA) is 63.7 Å². The fourth-order valence-electron chi connectivity index (χ4n) is 2.41. The van der Waals surface area contributed by atoms with Gasteiger partial charge in [0.15, 0.2) is 6.10 Å². The maximum atomic E-state index is 12.2. The van der Waals surface area contributed by atoms with Crippen LogP contribution in [0.4, 0.5) is 0 Å². The van der Waals surface area contributed by atoms with E-state index in [-0.39, 0.29) is 21.8 Å². The van der Waals surface area contributed by atoms with Crippen LogP contribution < -0.4 is 0 Å². The molecular formula is C13H14BrNO4S. The summed E-state index contributed by atoms with van der Waals surface area (Å²) in [6, 6.07) is 0. The Labute approximate surface area is 129 Å². The number of β-lactam (4-membered cyclic amide) rings is 1. The van der Waals surface area contributed by atoms with Crippen LogP contribution >= 0.6 is 27.7 Å². The summed E-state index contributed by atoms with van der Waals surface area (Å²) in [5.74, 6) is 1.62. The molecule has 1 fully saturated rings. The average molecular weight is 360 g/mol. The van der Waals surface area contributed by atoms with E-state index in [1.54, 1.807) is 4.90 Å². The number of ether oxygens (including phenoxy) is 1. The van der Waals surface area contributed by atoms with E-state index < -0.39 is 16.2 Å². The monoisotopic (exact) mass is 359 g/mol. The highest BCUT2D eigenvalue weighted by atomic mass is 79.9. The molecule has 0 saturated carbocycles. The smallest absolute Gasteiger partial charge is 0.260 e. The number of allylic oxidation sites excluding steroid dienone is 2. The molecule has 1 amide bonds. The Morgan fingerprint density at radius 2 is 2.05 bits per heavy atom. The molecule has 108 valence electrons. The Morgan fingerprint density at radius 1 is 1.45 bits per heavy atom. The van der Waals surface area contributed by atoms with Crippen molar-refractivity contribution in [2.45, 2.75) is 32.2 Å². The van der Waals surface area contributed by atoms with Gasteiger partial charge in [-0.15, -0.1) is 0 Å². The number of methoxy groups -OCH3 is 1. The van der Waals surface area contributed by atoms with E-state index in [0.717, 1.165) is 11.8 Å². The molecule has 5 nitrogen and oxygen atoms in total. The number of carbonyl (C=O) groups excluding carboxylic acids is 3. The number of rotatable bonds is 2. The average Bonchev–Trinajstić information content (AvgIpc) is 2.35. The molecule has 1 saturated heterocycles. The van der Waals surface area contributed by atoms with Crippen LogP contribution in [0.1, 0.15) is 20.8 Å². The SMILES string of the molecule is CO[C@H]1C(=O)N2C(C(C)(C)C)=C(C(=O)Br)C(=C=O)S[C@@H]12. The Hall–Kier alpha value is -0.880. The van der Waals surface area contributed by atoms with Gasteiger partial charge in [0.05, 0.1) is 5.57 Å². The minimum absolute atomic E-state index is 0.189. The van der Waals surface area contributed by atoms with Crippen LogP contribution in [0.15, 0.2) is 16.2 Å². The van der Waals surface area contributed by atoms with Crippen LogP contribution in [0.2, 0.25) is 0 Å². The number of carbonyl (C=O) groups is 2. The summed E-state index contributed by atoms with van der Waals surface area (Å²) in [5.41, 5.74) is 0.297. The normalized spacial score (nSPS) is 26.1. The number of nitrogens with zero attached hydrogens (tertiary/aromatic N) is 1. The largest absolute Gasteiger partial charge is 0.368 e. The zero-order valence-corrected chi connectivity index (χ0v) is 13.9. The second-order valence-electron chi connectivity index (χ2n) is 5.55. The molecule has 0 aliphatic carbocycles. The van der Waals surface area contributed by atoms with Gasteiger partial charge in [-0.3, -0.25) is 14.5 Å². The van der Waals surface area contributed by atoms with E-state index in [1.807, 2.05) is 26.7 Å². The van der Waals surface area contributed by atoms with Crippen molar-refractivity contribution in [2.75, 3.05) is 7.11 Å². The minimum atomic E-state index is -0.590. The highest BCUT2D eigenvalue weighted by Crippen LogP contribution is 2.51. The van der Waals surface area contributed by atoms with Crippen molar-refractivity contribution in [1.29, 1.82) is 0 Å². The van der Waals surface area contributed by atoms with Gasteiger partial charge in [0, 0.05) is 18.2 Å². The molecular weight excluding hydrogens is 346 g/mol. The van der Waals surface area contributed by atoms with E-state index >= 15 is 0 Å². The molecule has 2 rings (SSSR count). The third kappa shape index (κ3) is 2.19. The van der Waals surface area contributed by atoms with Crippen LogP contribution in [-0.2, 0) is 19.1 Å². The van der Waals surface area contributed by atoms with Crippen LogP contribution in [0, 0.1) is 5.41 Å². The quantitative estimate of drug-likeness (QED) is 0.427. The second-order valence-corrected chi connectivity index (χ2v) is 7.40. The van der Waals surface area contributed by atoms with Crippen LogP contribution in [0.5, 0.6) is 0 Å². The van der Waals surface area contributed by atoms with Crippen molar-refractivity contribution in [3.63, 3.8) is 0 Å². The predicted octanol–water partition coefficient (Wildman–Crippen LogP) is 1.85. The summed E-state index contributed by atoms with van der Waals surface area (Å²) in [7, 11) is 1.45. The van der Waals surface area contributed by atoms with Crippen molar-refractivity contribution in [1.82, 2.24) is 4.90 Å². The molecule has 0 spiro atoms. The lowest BCUT2D eigenvalue weighted by atomic mass is 9.85. The zero-order chi connectivity index (χ0) is 15.2. The molecule has 2 heterocycles. The van der Waals surface area contributed by atoms with E-state index in [0.29, 0.717) is 5.70 Å². The molecule has 0 radical (unpaired) electrons. The van der Waals surface area contributed by atoms with Gasteiger partial charge in [0.1, 0.15) is 16.2 Å². The number of fused-ring (bicyclic) bond motifs is 1. The fraction of sp³-hybridized carbons (Fsp3) is 0.538. The van der Waals surface area contributed by atoms with Crippen molar-refractivity contribution in [3.8, 4) is 0 Å². The molecule has 20 heavy (non-hydrogen) atoms. The number of halogens is 1. The molecule has 0 aromatic heterocycles. The Balaban J connectivity index is 2.66. The van der Waals surface area contributed by atoms with Crippen LogP contribution in [-0.4, -0.2) is 40.0 Å². The van der Waals surface area contributed by atoms with Gasteiger partial charge < -0.3 is 4.74 Å². The molecule has 0 aromatic rings. The summed E-state index contributed by atoms with van der Waals surface area (Å²) in [5, 5.41) is -0.311. The van der Waals surface area contributed by atoms with Gasteiger partial charge >= 0.3 is 0 Å². The van der Waals surface area contributed by atoms with E-state index in [1.165, 1.54) is 7.11 Å². The first-order chi connectivity index (χ1) is 9.23. The van der Waals surface area contributed by atoms with Crippen molar-refractivity contribution in [2.24, 2.45) is 5.41 Å². The van der Waals surface area contributed by atoms with Gasteiger partial charge in [0.2, 0.25) is 4.69 Å². The summed E-state index contributed by atoms with van der Waals surface area (Å²) >= 11 is 4.03. The van der Waals surface area contributed by atoms with Crippen LogP contribution in [0.3, 0.4) is 0 Å². The molecule has 2 aliphatic heterocycles. The maximum absolute atomic E-state index is 12.2. The number of amides is 1. The van der Waals surface area contributed by atoms with E-state index in [4.69, 9.17) is 4.74 Å². The standard InChI is InChI=1S/C13H14BrNO4S/c1-13(2,3)9-7(10(14)17)6(5-16)20-12-8(19-4)11(18)15(9)12/h8,12H,1-4H3/t8-,12-/m0/s1. The van der Waals surface area contributed by atoms with Crippen molar-refractivity contribution in [3.05, 3.63) is 16.2 Å². The van der Waals surface area contributed by atoms with Crippen molar-refractivity contribution >= 4 is 44.2 Å². The summed E-state index contributed by atoms with van der Waals surface area (Å²) in [6.45, 7) is 5.67. The third-order valence-corrected chi connectivity index (χ3v) is 4.81. The highest BCUT2D eigenvalue weighted by molar-refractivity contribution is 9.18. The lowest BCUT2D eigenvalue weighted by Gasteiger charge is -2.52. The first-order valence-corrected chi connectivity index (χ1v) is 7.64. The molecule has 0 N–H and O–H groups in total. The van der Waals surface area contributed by atoms with E-state index in [9.17, 15) is 14.4 Å². The Morgan fingerprint density at radius 3 is 2.45 bits per heavy atom. The molecule has 0 aromatic carbocycles. The molecule has 2 aliphatic rings. The van der Waals surface area contributed by atoms with Gasteiger partial charge in [-0.25, -0.2) is 4.79 Å². The van der Waals surface area contributed by atoms with Crippen LogP contribution in [0.25, 0.3) is 0 Å². The van der Waals surface area contributed by atoms with Crippen molar-refractivity contribution < 1.29 is 19.1 Å². The van der Waals surface area contributed by atoms with Gasteiger partial charge in [0.25, 0.3) is 5.91 Å². The summed E-state index contributed by atoms with van der Waals surface area (Å²) < 4.78 is 4.73. The first kappa shape index (κ1) is 15.5. The Kier molecular flexibility index (Phi) is 3.99. The van der Waals surface area contributed by atoms with E-state index in [2.05, 4.69) is 15.9 Å². The lowest BCUT2D eigenvalue weighted by molar-refractivity contribution is -0.159. The predicted molar refractivity (Wildman–Crippen MR) is 78.6 cm³/mol. The summed E-state index contributed by atoms with van der Waals surface area (Å²) in [6.07, 6.45) is -0.590. The molecule has 0 unspecified atom stereocenters. The molecule has 2 atom stereocenters. The molecule has 0 bridgehead atoms. The van der Waals surface area contributed by atoms with Gasteiger partial charge in [-0.05, 0) is 15.9 Å². The van der Waals surface area contributed by atoms with Gasteiger partial charge in [-0.2, -0.15) is 0 Å². The summed E-state index contributed by atoms with van der Waals surface area (Å²) in [4.78, 5) is 36.9. The number of thioether (sulfide) groups is 1. The Bertz CT molecular complexity index is 571. The fourth-order valence-corrected chi connectivity index (χ4v) is 4.19. The third-order valence-electron chi connectivity index (χ3n) is 3.19. The lowest BCUT2D eigenvalue weighted by Crippen LogP contribution is -2.65. The number of hydrogen-bond donors (Lipinski definition) is 0. The molecule has 7 heteroatoms. The minimum Gasteiger partial charge on any atom is -0.368 e. The zero-order valence-electron chi connectivity index (χ0n) is 11.5. The number of hydrogen-bond acceptors (Lipinski definition) is 5. The maximum Gasteiger partial charge on any atom is 0.260 e. The second kappa shape index (κ2) is 5.15. The first-order valence-electron chi connectivity index (χ1n) is 5.96. The van der Waals surface area contributed by atoms with Gasteiger partial charge in [-0.1, -0.05) is 32.5 Å². The highest BCUT2D eigenvalue weighted by Gasteiger charge is 2.56.